The number of ketones is 1. The molecule has 5 aliphatic carbocycles. The van der Waals surface area contributed by atoms with Gasteiger partial charge in [0.2, 0.25) is 0 Å². The van der Waals surface area contributed by atoms with Gasteiger partial charge in [0, 0.05) is 12.3 Å². The molecule has 10 atom stereocenters. The number of allylic oxidation sites excluding steroid dienone is 1. The van der Waals surface area contributed by atoms with E-state index >= 15 is 0 Å². The summed E-state index contributed by atoms with van der Waals surface area (Å²) >= 11 is 0. The summed E-state index contributed by atoms with van der Waals surface area (Å²) in [5, 5.41) is 0. The van der Waals surface area contributed by atoms with Gasteiger partial charge in [-0.2, -0.15) is 0 Å². The van der Waals surface area contributed by atoms with Gasteiger partial charge in [-0.15, -0.1) is 0 Å². The van der Waals surface area contributed by atoms with Crippen molar-refractivity contribution in [1.82, 2.24) is 0 Å². The predicted molar refractivity (Wildman–Crippen MR) is 130 cm³/mol. The maximum atomic E-state index is 12.5. The zero-order valence-electron chi connectivity index (χ0n) is 21.4. The number of hydrogen-bond donors (Lipinski definition) is 0. The summed E-state index contributed by atoms with van der Waals surface area (Å²) in [6.45, 7) is 19.0. The largest absolute Gasteiger partial charge is 0.299 e. The Hall–Kier alpha value is -0.590. The first-order valence-corrected chi connectivity index (χ1v) is 13.7. The highest BCUT2D eigenvalue weighted by Crippen LogP contribution is 2.88. The molecule has 5 unspecified atom stereocenters. The maximum Gasteiger partial charge on any atom is 0.136 e. The molecule has 0 radical (unpaired) electrons. The molecule has 0 aromatic carbocycles. The van der Waals surface area contributed by atoms with Gasteiger partial charge < -0.3 is 0 Å². The van der Waals surface area contributed by atoms with Crippen molar-refractivity contribution in [3.05, 3.63) is 12.2 Å². The first kappa shape index (κ1) is 22.2. The molecule has 5 aliphatic rings. The Kier molecular flexibility index (Phi) is 4.99. The molecule has 5 saturated carbocycles. The Morgan fingerprint density at radius 1 is 1.00 bits per heavy atom. The summed E-state index contributed by atoms with van der Waals surface area (Å²) in [5.41, 5.74) is 3.54. The molecule has 0 saturated heterocycles. The Bertz CT molecular complexity index is 781. The van der Waals surface area contributed by atoms with Gasteiger partial charge >= 0.3 is 0 Å². The third-order valence-corrected chi connectivity index (χ3v) is 13.1. The molecule has 31 heavy (non-hydrogen) atoms. The van der Waals surface area contributed by atoms with Crippen molar-refractivity contribution in [3.8, 4) is 0 Å². The lowest BCUT2D eigenvalue weighted by atomic mass is 9.43. The average Bonchev–Trinajstić information content (AvgIpc) is 3.31. The molecule has 174 valence electrons. The molecule has 0 aromatic heterocycles. The molecule has 0 bridgehead atoms. The third kappa shape index (κ3) is 2.70. The van der Waals surface area contributed by atoms with E-state index in [2.05, 4.69) is 48.1 Å². The molecule has 0 heterocycles. The van der Waals surface area contributed by atoms with Gasteiger partial charge in [-0.25, -0.2) is 0 Å². The summed E-state index contributed by atoms with van der Waals surface area (Å²) in [7, 11) is 0. The van der Waals surface area contributed by atoms with Crippen molar-refractivity contribution in [1.29, 1.82) is 0 Å². The van der Waals surface area contributed by atoms with Crippen LogP contribution in [0.25, 0.3) is 0 Å². The van der Waals surface area contributed by atoms with Crippen molar-refractivity contribution in [2.45, 2.75) is 112 Å². The lowest BCUT2D eigenvalue weighted by Gasteiger charge is -2.61. The van der Waals surface area contributed by atoms with Crippen LogP contribution in [0.3, 0.4) is 0 Å². The number of rotatable bonds is 5. The molecule has 0 aromatic rings. The fraction of sp³-hybridized carbons (Fsp3) is 0.900. The fourth-order valence-electron chi connectivity index (χ4n) is 10.8. The third-order valence-electron chi connectivity index (χ3n) is 13.1. The monoisotopic (exact) mass is 424 g/mol. The van der Waals surface area contributed by atoms with Crippen LogP contribution in [0.1, 0.15) is 112 Å². The SMILES string of the molecule is C=C(C)C(C)CCC(C)C1CC[C@@]2(C)[C@@H]3CC[C@H]4C(C)C(=O)CC[C@@]45CC35CC[C@]12C. The maximum absolute atomic E-state index is 12.5. The highest BCUT2D eigenvalue weighted by atomic mass is 16.1. The van der Waals surface area contributed by atoms with E-state index in [-0.39, 0.29) is 0 Å². The number of carbonyl (C=O) groups is 1. The Labute approximate surface area is 192 Å². The minimum Gasteiger partial charge on any atom is -0.299 e. The van der Waals surface area contributed by atoms with Gasteiger partial charge in [0.1, 0.15) is 5.78 Å². The second-order valence-electron chi connectivity index (χ2n) is 13.8. The van der Waals surface area contributed by atoms with Crippen LogP contribution in [-0.4, -0.2) is 5.78 Å². The molecule has 0 aliphatic heterocycles. The summed E-state index contributed by atoms with van der Waals surface area (Å²) in [5.74, 6) is 4.92. The Morgan fingerprint density at radius 2 is 1.74 bits per heavy atom. The van der Waals surface area contributed by atoms with Crippen molar-refractivity contribution < 1.29 is 4.79 Å². The standard InChI is InChI=1S/C30H48O/c1-19(2)20(3)8-9-21(4)23-12-14-28(7)26-11-10-24-22(5)25(31)13-15-29(24)18-30(26,29)17-16-27(23,28)6/h20-24,26H,1,8-18H2,2-7H3/t20?,21?,22?,23?,24-,26-,27+,28-,29+,30?/m0/s1. The topological polar surface area (TPSA) is 17.1 Å². The number of carbonyl (C=O) groups excluding carboxylic acids is 1. The van der Waals surface area contributed by atoms with Crippen LogP contribution in [0, 0.1) is 57.2 Å². The van der Waals surface area contributed by atoms with Crippen LogP contribution in [0.15, 0.2) is 12.2 Å². The zero-order chi connectivity index (χ0) is 22.4. The summed E-state index contributed by atoms with van der Waals surface area (Å²) in [6, 6.07) is 0. The van der Waals surface area contributed by atoms with Gasteiger partial charge in [0.05, 0.1) is 0 Å². The van der Waals surface area contributed by atoms with Gasteiger partial charge in [-0.05, 0) is 122 Å². The molecule has 2 spiro atoms. The van der Waals surface area contributed by atoms with E-state index in [0.29, 0.717) is 45.2 Å². The summed E-state index contributed by atoms with van der Waals surface area (Å²) < 4.78 is 0. The van der Waals surface area contributed by atoms with Gasteiger partial charge in [0.15, 0.2) is 0 Å². The molecule has 0 N–H and O–H groups in total. The van der Waals surface area contributed by atoms with Gasteiger partial charge in [-0.1, -0.05) is 46.8 Å². The molecule has 5 fully saturated rings. The van der Waals surface area contributed by atoms with E-state index in [1.807, 2.05) is 0 Å². The summed E-state index contributed by atoms with van der Waals surface area (Å²) in [4.78, 5) is 12.5. The van der Waals surface area contributed by atoms with E-state index in [1.165, 1.54) is 69.8 Å². The minimum absolute atomic E-state index is 0.335. The van der Waals surface area contributed by atoms with Crippen molar-refractivity contribution >= 4 is 5.78 Å². The summed E-state index contributed by atoms with van der Waals surface area (Å²) in [6.07, 6.45) is 14.8. The number of Topliss-reactive ketones (excluding diaryl/α,β-unsaturated/α-hetero) is 1. The first-order valence-electron chi connectivity index (χ1n) is 13.7. The number of hydrogen-bond acceptors (Lipinski definition) is 1. The van der Waals surface area contributed by atoms with Crippen LogP contribution in [0.2, 0.25) is 0 Å². The lowest BCUT2D eigenvalue weighted by Crippen LogP contribution is -2.55. The zero-order valence-corrected chi connectivity index (χ0v) is 21.4. The van der Waals surface area contributed by atoms with E-state index in [0.717, 1.165) is 24.2 Å². The molecular weight excluding hydrogens is 376 g/mol. The first-order chi connectivity index (χ1) is 14.5. The quantitative estimate of drug-likeness (QED) is 0.406. The van der Waals surface area contributed by atoms with Crippen molar-refractivity contribution in [3.63, 3.8) is 0 Å². The minimum atomic E-state index is 0.335. The average molecular weight is 425 g/mol. The molecule has 0 amide bonds. The van der Waals surface area contributed by atoms with Crippen molar-refractivity contribution in [2.24, 2.45) is 57.2 Å². The van der Waals surface area contributed by atoms with Crippen LogP contribution < -0.4 is 0 Å². The molecule has 1 heteroatoms. The van der Waals surface area contributed by atoms with E-state index in [1.54, 1.807) is 0 Å². The molecular formula is C30H48O. The highest BCUT2D eigenvalue weighted by Gasteiger charge is 2.81. The number of fused-ring (bicyclic) bond motifs is 2. The van der Waals surface area contributed by atoms with Crippen LogP contribution in [0.5, 0.6) is 0 Å². The van der Waals surface area contributed by atoms with E-state index in [9.17, 15) is 4.79 Å². The second kappa shape index (κ2) is 6.96. The van der Waals surface area contributed by atoms with Crippen LogP contribution >= 0.6 is 0 Å². The Balaban J connectivity index is 1.38. The van der Waals surface area contributed by atoms with Gasteiger partial charge in [0.25, 0.3) is 0 Å². The fourth-order valence-corrected chi connectivity index (χ4v) is 10.8. The lowest BCUT2D eigenvalue weighted by molar-refractivity contribution is -0.146. The van der Waals surface area contributed by atoms with Crippen LogP contribution in [0.4, 0.5) is 0 Å². The second-order valence-corrected chi connectivity index (χ2v) is 13.8. The Morgan fingerprint density at radius 3 is 2.45 bits per heavy atom. The highest BCUT2D eigenvalue weighted by molar-refractivity contribution is 5.82. The van der Waals surface area contributed by atoms with E-state index in [4.69, 9.17) is 0 Å². The predicted octanol–water partition coefficient (Wildman–Crippen LogP) is 8.23. The van der Waals surface area contributed by atoms with Crippen molar-refractivity contribution in [2.75, 3.05) is 0 Å². The molecule has 1 nitrogen and oxygen atoms in total. The smallest absolute Gasteiger partial charge is 0.136 e. The van der Waals surface area contributed by atoms with E-state index < -0.39 is 0 Å². The molecule has 5 rings (SSSR count). The normalized spacial score (nSPS) is 52.4. The van der Waals surface area contributed by atoms with Gasteiger partial charge in [-0.3, -0.25) is 4.79 Å². The van der Waals surface area contributed by atoms with Crippen LogP contribution in [-0.2, 0) is 4.79 Å².